The molecular formula is C16H18N2O3S. The zero-order valence-electron chi connectivity index (χ0n) is 12.1. The van der Waals surface area contributed by atoms with E-state index in [-0.39, 0.29) is 11.9 Å². The summed E-state index contributed by atoms with van der Waals surface area (Å²) in [5.41, 5.74) is 2.03. The highest BCUT2D eigenvalue weighted by molar-refractivity contribution is 7.71. The van der Waals surface area contributed by atoms with E-state index in [2.05, 4.69) is 10.3 Å². The van der Waals surface area contributed by atoms with Crippen LogP contribution < -0.4 is 5.32 Å². The fourth-order valence-electron chi connectivity index (χ4n) is 3.69. The van der Waals surface area contributed by atoms with Crippen molar-refractivity contribution in [3.8, 4) is 0 Å². The highest BCUT2D eigenvalue weighted by Crippen LogP contribution is 2.34. The maximum Gasteiger partial charge on any atom is 0.266 e. The lowest BCUT2D eigenvalue weighted by Gasteiger charge is -2.33. The van der Waals surface area contributed by atoms with Crippen LogP contribution in [-0.2, 0) is 4.74 Å². The van der Waals surface area contributed by atoms with E-state index in [1.807, 2.05) is 6.07 Å². The zero-order chi connectivity index (χ0) is 15.1. The maximum atomic E-state index is 12.5. The summed E-state index contributed by atoms with van der Waals surface area (Å²) in [6.45, 7) is 0.817. The van der Waals surface area contributed by atoms with Crippen LogP contribution in [0.25, 0.3) is 11.1 Å². The first-order valence-corrected chi connectivity index (χ1v) is 8.17. The van der Waals surface area contributed by atoms with Crippen LogP contribution >= 0.6 is 12.2 Å². The molecule has 6 heteroatoms. The topological polar surface area (TPSA) is 67.3 Å². The third-order valence-electron chi connectivity index (χ3n) is 4.78. The van der Waals surface area contributed by atoms with Gasteiger partial charge in [0.2, 0.25) is 0 Å². The number of amides is 1. The minimum absolute atomic E-state index is 0.0539. The van der Waals surface area contributed by atoms with E-state index in [0.29, 0.717) is 28.0 Å². The molecule has 0 bridgehead atoms. The molecule has 1 aliphatic heterocycles. The molecule has 5 nitrogen and oxygen atoms in total. The molecule has 3 atom stereocenters. The Balaban J connectivity index is 1.53. The van der Waals surface area contributed by atoms with Gasteiger partial charge in [-0.1, -0.05) is 0 Å². The van der Waals surface area contributed by atoms with Crippen molar-refractivity contribution in [2.45, 2.75) is 37.8 Å². The number of hydrogen-bond acceptors (Lipinski definition) is 4. The van der Waals surface area contributed by atoms with E-state index < -0.39 is 0 Å². The number of benzene rings is 1. The van der Waals surface area contributed by atoms with Crippen molar-refractivity contribution < 1.29 is 13.9 Å². The Hall–Kier alpha value is -1.66. The van der Waals surface area contributed by atoms with Gasteiger partial charge in [-0.2, -0.15) is 0 Å². The Kier molecular flexibility index (Phi) is 3.50. The first kappa shape index (κ1) is 14.0. The van der Waals surface area contributed by atoms with Crippen LogP contribution in [0.15, 0.2) is 22.6 Å². The van der Waals surface area contributed by atoms with Crippen molar-refractivity contribution in [3.05, 3.63) is 28.6 Å². The molecule has 1 aliphatic carbocycles. The molecule has 2 aromatic rings. The third-order valence-corrected chi connectivity index (χ3v) is 4.97. The molecule has 1 saturated carbocycles. The molecule has 116 valence electrons. The Labute approximate surface area is 133 Å². The Morgan fingerprint density at radius 2 is 2.23 bits per heavy atom. The van der Waals surface area contributed by atoms with Gasteiger partial charge in [-0.05, 0) is 56.1 Å². The van der Waals surface area contributed by atoms with E-state index in [1.165, 1.54) is 0 Å². The van der Waals surface area contributed by atoms with Gasteiger partial charge in [0.1, 0.15) is 0 Å². The third kappa shape index (κ3) is 2.46. The van der Waals surface area contributed by atoms with Crippen LogP contribution in [0.1, 0.15) is 36.0 Å². The average molecular weight is 318 g/mol. The maximum absolute atomic E-state index is 12.5. The second-order valence-electron chi connectivity index (χ2n) is 6.10. The SMILES string of the molecule is O=C(N[C@@H]1CCC[C@H]2OCC[C@@H]12)c1ccc2[nH]c(=S)oc2c1. The van der Waals surface area contributed by atoms with Crippen LogP contribution in [0, 0.1) is 10.8 Å². The average Bonchev–Trinajstić information content (AvgIpc) is 3.11. The molecule has 0 radical (unpaired) electrons. The monoisotopic (exact) mass is 318 g/mol. The van der Waals surface area contributed by atoms with Crippen molar-refractivity contribution in [1.29, 1.82) is 0 Å². The van der Waals surface area contributed by atoms with Gasteiger partial charge in [0.25, 0.3) is 10.7 Å². The van der Waals surface area contributed by atoms with Crippen LogP contribution in [0.4, 0.5) is 0 Å². The highest BCUT2D eigenvalue weighted by atomic mass is 32.1. The summed E-state index contributed by atoms with van der Waals surface area (Å²) in [5.74, 6) is 0.402. The van der Waals surface area contributed by atoms with Gasteiger partial charge in [-0.25, -0.2) is 0 Å². The number of ether oxygens (including phenoxy) is 1. The van der Waals surface area contributed by atoms with Crippen molar-refractivity contribution >= 4 is 29.2 Å². The van der Waals surface area contributed by atoms with E-state index in [9.17, 15) is 4.79 Å². The van der Waals surface area contributed by atoms with E-state index >= 15 is 0 Å². The van der Waals surface area contributed by atoms with Crippen molar-refractivity contribution in [1.82, 2.24) is 10.3 Å². The molecule has 4 rings (SSSR count). The molecule has 1 aromatic carbocycles. The highest BCUT2D eigenvalue weighted by Gasteiger charge is 2.38. The zero-order valence-corrected chi connectivity index (χ0v) is 12.9. The number of carbonyl (C=O) groups is 1. The number of nitrogens with one attached hydrogen (secondary N) is 2. The van der Waals surface area contributed by atoms with Gasteiger partial charge in [-0.3, -0.25) is 4.79 Å². The van der Waals surface area contributed by atoms with E-state index in [4.69, 9.17) is 21.4 Å². The fraction of sp³-hybridized carbons (Fsp3) is 0.500. The molecule has 0 spiro atoms. The first-order valence-electron chi connectivity index (χ1n) is 7.76. The van der Waals surface area contributed by atoms with Crippen molar-refractivity contribution in [2.75, 3.05) is 6.61 Å². The van der Waals surface area contributed by atoms with E-state index in [0.717, 1.165) is 37.8 Å². The molecule has 0 unspecified atom stereocenters. The van der Waals surface area contributed by atoms with Crippen LogP contribution in [-0.4, -0.2) is 29.6 Å². The predicted molar refractivity (Wildman–Crippen MR) is 84.4 cm³/mol. The number of rotatable bonds is 2. The van der Waals surface area contributed by atoms with Crippen molar-refractivity contribution in [2.24, 2.45) is 5.92 Å². The second-order valence-corrected chi connectivity index (χ2v) is 6.47. The molecule has 2 N–H and O–H groups in total. The molecule has 22 heavy (non-hydrogen) atoms. The lowest BCUT2D eigenvalue weighted by Crippen LogP contribution is -2.45. The van der Waals surface area contributed by atoms with E-state index in [1.54, 1.807) is 12.1 Å². The minimum atomic E-state index is -0.0539. The molecule has 2 heterocycles. The number of carbonyl (C=O) groups excluding carboxylic acids is 1. The van der Waals surface area contributed by atoms with Gasteiger partial charge in [-0.15, -0.1) is 0 Å². The standard InChI is InChI=1S/C16H18N2O3S/c19-15(9-4-5-12-14(8-9)21-16(22)18-12)17-11-2-1-3-13-10(11)6-7-20-13/h4-5,8,10-11,13H,1-3,6-7H2,(H,17,19)(H,18,22)/t10-,11+,13+/m0/s1. The number of hydrogen-bond donors (Lipinski definition) is 2. The fourth-order valence-corrected chi connectivity index (χ4v) is 3.89. The lowest BCUT2D eigenvalue weighted by molar-refractivity contribution is 0.0510. The molecule has 1 amide bonds. The van der Waals surface area contributed by atoms with Crippen molar-refractivity contribution in [3.63, 3.8) is 0 Å². The summed E-state index contributed by atoms with van der Waals surface area (Å²) < 4.78 is 11.1. The molecule has 2 fully saturated rings. The van der Waals surface area contributed by atoms with Gasteiger partial charge in [0.15, 0.2) is 5.58 Å². The Morgan fingerprint density at radius 1 is 1.32 bits per heavy atom. The largest absolute Gasteiger partial charge is 0.429 e. The molecule has 1 saturated heterocycles. The minimum Gasteiger partial charge on any atom is -0.429 e. The summed E-state index contributed by atoms with van der Waals surface area (Å²) >= 11 is 4.97. The van der Waals surface area contributed by atoms with Gasteiger partial charge >= 0.3 is 0 Å². The molecule has 1 aromatic heterocycles. The van der Waals surface area contributed by atoms with Gasteiger partial charge in [0, 0.05) is 24.1 Å². The summed E-state index contributed by atoms with van der Waals surface area (Å²) in [6.07, 6.45) is 4.62. The lowest BCUT2D eigenvalue weighted by atomic mass is 9.81. The number of aromatic nitrogens is 1. The summed E-state index contributed by atoms with van der Waals surface area (Å²) in [5, 5.41) is 3.18. The second kappa shape index (κ2) is 5.52. The smallest absolute Gasteiger partial charge is 0.266 e. The van der Waals surface area contributed by atoms with Crippen LogP contribution in [0.3, 0.4) is 0 Å². The van der Waals surface area contributed by atoms with Gasteiger partial charge in [0.05, 0.1) is 11.6 Å². The summed E-state index contributed by atoms with van der Waals surface area (Å²) in [6, 6.07) is 5.57. The first-order chi connectivity index (χ1) is 10.7. The normalized spacial score (nSPS) is 27.7. The Bertz CT molecular complexity index is 766. The quantitative estimate of drug-likeness (QED) is 0.835. The number of oxazole rings is 1. The van der Waals surface area contributed by atoms with Crippen LogP contribution in [0.5, 0.6) is 0 Å². The number of aromatic amines is 1. The summed E-state index contributed by atoms with van der Waals surface area (Å²) in [7, 11) is 0. The predicted octanol–water partition coefficient (Wildman–Crippen LogP) is 3.18. The van der Waals surface area contributed by atoms with Gasteiger partial charge < -0.3 is 19.5 Å². The summed E-state index contributed by atoms with van der Waals surface area (Å²) in [4.78, 5) is 15.8. The molecular weight excluding hydrogens is 300 g/mol. The number of H-pyrrole nitrogens is 1. The van der Waals surface area contributed by atoms with Crippen LogP contribution in [0.2, 0.25) is 0 Å². The molecule has 2 aliphatic rings. The number of fused-ring (bicyclic) bond motifs is 2. The Morgan fingerprint density at radius 3 is 3.14 bits per heavy atom.